The van der Waals surface area contributed by atoms with Crippen LogP contribution in [0.1, 0.15) is 49.3 Å². The summed E-state index contributed by atoms with van der Waals surface area (Å²) in [4.78, 5) is 41.5. The molecule has 200 valence electrons. The number of hydrogen-bond acceptors (Lipinski definition) is 9. The van der Waals surface area contributed by atoms with Gasteiger partial charge in [-0.2, -0.15) is 0 Å². The minimum Gasteiger partial charge on any atom is -0.493 e. The predicted octanol–water partition coefficient (Wildman–Crippen LogP) is 4.95. The molecule has 0 aliphatic carbocycles. The molecule has 1 heterocycles. The van der Waals surface area contributed by atoms with Crippen molar-refractivity contribution in [3.8, 4) is 17.2 Å². The van der Waals surface area contributed by atoms with E-state index in [9.17, 15) is 14.4 Å². The van der Waals surface area contributed by atoms with Crippen LogP contribution in [0.3, 0.4) is 0 Å². The van der Waals surface area contributed by atoms with Crippen molar-refractivity contribution < 1.29 is 38.1 Å². The van der Waals surface area contributed by atoms with Crippen molar-refractivity contribution in [3.05, 3.63) is 84.2 Å². The second-order valence-corrected chi connectivity index (χ2v) is 8.52. The van der Waals surface area contributed by atoms with Crippen LogP contribution in [0.15, 0.2) is 72.9 Å². The third-order valence-corrected chi connectivity index (χ3v) is 5.57. The van der Waals surface area contributed by atoms with Crippen LogP contribution in [-0.4, -0.2) is 42.7 Å². The number of pyridine rings is 1. The van der Waals surface area contributed by atoms with Gasteiger partial charge in [-0.15, -0.1) is 0 Å². The number of ether oxygens (including phenoxy) is 5. The van der Waals surface area contributed by atoms with Gasteiger partial charge in [0.2, 0.25) is 6.79 Å². The minimum atomic E-state index is -0.799. The Morgan fingerprint density at radius 2 is 1.58 bits per heavy atom. The van der Waals surface area contributed by atoms with Gasteiger partial charge in [0, 0.05) is 25.6 Å². The third kappa shape index (κ3) is 7.80. The number of aromatic nitrogens is 1. The largest absolute Gasteiger partial charge is 0.493 e. The van der Waals surface area contributed by atoms with E-state index in [1.165, 1.54) is 26.3 Å². The molecule has 0 spiro atoms. The maximum absolute atomic E-state index is 13.1. The zero-order chi connectivity index (χ0) is 27.5. The number of carbonyl (C=O) groups excluding carboxylic acids is 3. The van der Waals surface area contributed by atoms with E-state index in [1.807, 2.05) is 67.6 Å². The van der Waals surface area contributed by atoms with E-state index in [-0.39, 0.29) is 23.6 Å². The zero-order valence-electron chi connectivity index (χ0n) is 21.8. The molecule has 0 saturated carbocycles. The van der Waals surface area contributed by atoms with Crippen LogP contribution in [0.5, 0.6) is 17.2 Å². The Balaban J connectivity index is 1.73. The number of nitrogens with zero attached hydrogens (tertiary/aromatic N) is 1. The van der Waals surface area contributed by atoms with Crippen LogP contribution < -0.4 is 14.2 Å². The predicted molar refractivity (Wildman–Crippen MR) is 138 cm³/mol. The summed E-state index contributed by atoms with van der Waals surface area (Å²) in [6.07, 6.45) is -0.0212. The molecule has 0 fully saturated rings. The van der Waals surface area contributed by atoms with Gasteiger partial charge in [-0.05, 0) is 24.6 Å². The Morgan fingerprint density at radius 1 is 0.921 bits per heavy atom. The first-order chi connectivity index (χ1) is 18.3. The van der Waals surface area contributed by atoms with Crippen molar-refractivity contribution in [1.29, 1.82) is 0 Å². The van der Waals surface area contributed by atoms with Crippen molar-refractivity contribution in [3.63, 3.8) is 0 Å². The third-order valence-electron chi connectivity index (χ3n) is 5.57. The number of carbonyl (C=O) groups is 3. The number of hydrogen-bond donors (Lipinski definition) is 0. The van der Waals surface area contributed by atoms with Gasteiger partial charge in [-0.3, -0.25) is 14.4 Å². The summed E-state index contributed by atoms with van der Waals surface area (Å²) in [5.41, 5.74) is 0.718. The highest BCUT2D eigenvalue weighted by Crippen LogP contribution is 2.32. The first-order valence-corrected chi connectivity index (χ1v) is 12.1. The van der Waals surface area contributed by atoms with Crippen LogP contribution >= 0.6 is 0 Å². The van der Waals surface area contributed by atoms with Crippen LogP contribution in [0, 0.1) is 5.92 Å². The lowest BCUT2D eigenvalue weighted by Crippen LogP contribution is -2.29. The lowest BCUT2D eigenvalue weighted by molar-refractivity contribution is -0.158. The summed E-state index contributed by atoms with van der Waals surface area (Å²) in [7, 11) is 1.41. The number of methoxy groups -OCH3 is 1. The maximum Gasteiger partial charge on any atom is 0.309 e. The summed E-state index contributed by atoms with van der Waals surface area (Å²) in [6, 6.07) is 20.0. The minimum absolute atomic E-state index is 0.0221. The fraction of sp³-hybridized carbons (Fsp3) is 0.310. The quantitative estimate of drug-likeness (QED) is 0.175. The van der Waals surface area contributed by atoms with Gasteiger partial charge in [0.1, 0.15) is 11.9 Å². The van der Waals surface area contributed by atoms with Gasteiger partial charge in [-0.1, -0.05) is 55.5 Å². The Kier molecular flexibility index (Phi) is 10.2. The lowest BCUT2D eigenvalue weighted by Gasteiger charge is -2.26. The highest BCUT2D eigenvalue weighted by atomic mass is 16.7. The van der Waals surface area contributed by atoms with E-state index in [0.29, 0.717) is 5.75 Å². The number of esters is 2. The summed E-state index contributed by atoms with van der Waals surface area (Å²) in [5.74, 6) is -1.47. The van der Waals surface area contributed by atoms with E-state index in [1.54, 1.807) is 6.92 Å². The highest BCUT2D eigenvalue weighted by Gasteiger charge is 2.30. The van der Waals surface area contributed by atoms with Crippen molar-refractivity contribution in [2.75, 3.05) is 13.9 Å². The average molecular weight is 522 g/mol. The Hall–Kier alpha value is -4.40. The summed E-state index contributed by atoms with van der Waals surface area (Å²) in [5, 5.41) is 0. The monoisotopic (exact) mass is 521 g/mol. The van der Waals surface area contributed by atoms with Crippen LogP contribution in [0.2, 0.25) is 0 Å². The molecule has 0 unspecified atom stereocenters. The maximum atomic E-state index is 13.1. The normalized spacial score (nSPS) is 12.9. The number of ketones is 1. The van der Waals surface area contributed by atoms with Crippen LogP contribution in [-0.2, 0) is 19.1 Å². The molecule has 0 N–H and O–H groups in total. The van der Waals surface area contributed by atoms with E-state index in [2.05, 4.69) is 4.98 Å². The van der Waals surface area contributed by atoms with Crippen molar-refractivity contribution in [2.45, 2.75) is 39.4 Å². The topological polar surface area (TPSA) is 110 Å². The molecular formula is C29H31NO8. The van der Waals surface area contributed by atoms with Gasteiger partial charge in [0.05, 0.1) is 13.0 Å². The number of rotatable bonds is 13. The van der Waals surface area contributed by atoms with Crippen LogP contribution in [0.25, 0.3) is 0 Å². The first kappa shape index (κ1) is 28.2. The molecule has 3 aromatic rings. The molecule has 38 heavy (non-hydrogen) atoms. The smallest absolute Gasteiger partial charge is 0.309 e. The summed E-state index contributed by atoms with van der Waals surface area (Å²) >= 11 is 0. The first-order valence-electron chi connectivity index (χ1n) is 12.1. The Labute approximate surface area is 221 Å². The molecular weight excluding hydrogens is 490 g/mol. The fourth-order valence-corrected chi connectivity index (χ4v) is 3.65. The molecule has 0 saturated heterocycles. The molecule has 9 heteroatoms. The van der Waals surface area contributed by atoms with E-state index in [4.69, 9.17) is 23.7 Å². The molecule has 3 atom stereocenters. The van der Waals surface area contributed by atoms with Crippen LogP contribution in [0.4, 0.5) is 0 Å². The molecule has 3 rings (SSSR count). The standard InChI is InChI=1S/C29H31NO8/c1-19(17-24(32)26-28(36-18-35-21(3)31)25(34-4)15-16-30-26)29(33)38-27(22-11-7-5-8-12-22)20(2)37-23-13-9-6-10-14-23/h5-16,19-20,27H,17-18H2,1-4H3/t19-,20-,27+/m1/s1. The van der Waals surface area contributed by atoms with E-state index < -0.39 is 42.6 Å². The molecule has 0 aliphatic rings. The number of benzene rings is 2. The molecule has 1 aromatic heterocycles. The molecule has 0 aliphatic heterocycles. The molecule has 0 amide bonds. The number of para-hydroxylation sites is 1. The fourth-order valence-electron chi connectivity index (χ4n) is 3.65. The molecule has 0 bridgehead atoms. The summed E-state index contributed by atoms with van der Waals surface area (Å²) in [6.45, 7) is 4.23. The number of Topliss-reactive ketones (excluding diaryl/α,β-unsaturated/α-hetero) is 1. The van der Waals surface area contributed by atoms with E-state index >= 15 is 0 Å². The molecule has 2 aromatic carbocycles. The van der Waals surface area contributed by atoms with Gasteiger partial charge in [0.15, 0.2) is 29.1 Å². The van der Waals surface area contributed by atoms with Crippen molar-refractivity contribution in [2.24, 2.45) is 5.92 Å². The summed E-state index contributed by atoms with van der Waals surface area (Å²) < 4.78 is 27.5. The Morgan fingerprint density at radius 3 is 2.21 bits per heavy atom. The van der Waals surface area contributed by atoms with E-state index in [0.717, 1.165) is 5.56 Å². The second-order valence-electron chi connectivity index (χ2n) is 8.52. The average Bonchev–Trinajstić information content (AvgIpc) is 2.92. The highest BCUT2D eigenvalue weighted by molar-refractivity contribution is 5.99. The lowest BCUT2D eigenvalue weighted by atomic mass is 10.0. The molecule has 0 radical (unpaired) electrons. The van der Waals surface area contributed by atoms with Crippen molar-refractivity contribution in [1.82, 2.24) is 4.98 Å². The van der Waals surface area contributed by atoms with Gasteiger partial charge in [0.25, 0.3) is 0 Å². The molecule has 9 nitrogen and oxygen atoms in total. The van der Waals surface area contributed by atoms with Gasteiger partial charge < -0.3 is 23.7 Å². The van der Waals surface area contributed by atoms with Gasteiger partial charge in [-0.25, -0.2) is 4.98 Å². The van der Waals surface area contributed by atoms with Gasteiger partial charge >= 0.3 is 11.9 Å². The SMILES string of the molecule is COc1ccnc(C(=O)C[C@@H](C)C(=O)O[C@H](c2ccccc2)[C@@H](C)Oc2ccccc2)c1OCOC(C)=O. The second kappa shape index (κ2) is 13.8. The Bertz CT molecular complexity index is 1220. The zero-order valence-corrected chi connectivity index (χ0v) is 21.8. The van der Waals surface area contributed by atoms with Crippen molar-refractivity contribution >= 4 is 17.7 Å².